The van der Waals surface area contributed by atoms with E-state index >= 15 is 0 Å². The Bertz CT molecular complexity index is 411. The van der Waals surface area contributed by atoms with Crippen molar-refractivity contribution in [2.45, 2.75) is 6.92 Å². The lowest BCUT2D eigenvalue weighted by molar-refractivity contribution is -0.134. The van der Waals surface area contributed by atoms with E-state index < -0.39 is 17.6 Å². The fourth-order valence-corrected chi connectivity index (χ4v) is 1.05. The number of hydrogen-bond donors (Lipinski definition) is 0. The number of rotatable bonds is 2. The van der Waals surface area contributed by atoms with Crippen LogP contribution in [0.5, 0.6) is 0 Å². The van der Waals surface area contributed by atoms with Gasteiger partial charge in [-0.3, -0.25) is 0 Å². The Morgan fingerprint density at radius 2 is 2.07 bits per heavy atom. The van der Waals surface area contributed by atoms with E-state index in [4.69, 9.17) is 0 Å². The number of benzene rings is 1. The SMILES string of the molecule is COC(=O)C=Cc1c(F)ccc(C)c1F. The molecule has 2 nitrogen and oxygen atoms in total. The summed E-state index contributed by atoms with van der Waals surface area (Å²) in [5.41, 5.74) is 0.0846. The molecule has 0 radical (unpaired) electrons. The van der Waals surface area contributed by atoms with Crippen LogP contribution >= 0.6 is 0 Å². The van der Waals surface area contributed by atoms with Crippen LogP contribution in [0, 0.1) is 18.6 Å². The Kier molecular flexibility index (Phi) is 3.55. The molecular formula is C11H10F2O2. The molecule has 0 heterocycles. The molecule has 0 unspecified atom stereocenters. The van der Waals surface area contributed by atoms with Gasteiger partial charge in [0.25, 0.3) is 0 Å². The summed E-state index contributed by atoms with van der Waals surface area (Å²) in [5, 5.41) is 0. The molecule has 0 atom stereocenters. The van der Waals surface area contributed by atoms with Crippen molar-refractivity contribution in [3.05, 3.63) is 41.0 Å². The summed E-state index contributed by atoms with van der Waals surface area (Å²) in [4.78, 5) is 10.7. The molecule has 15 heavy (non-hydrogen) atoms. The smallest absolute Gasteiger partial charge is 0.330 e. The van der Waals surface area contributed by atoms with Crippen molar-refractivity contribution in [3.8, 4) is 0 Å². The van der Waals surface area contributed by atoms with E-state index in [-0.39, 0.29) is 5.56 Å². The first kappa shape index (κ1) is 11.4. The number of halogens is 2. The number of carbonyl (C=O) groups is 1. The van der Waals surface area contributed by atoms with Gasteiger partial charge in [0, 0.05) is 11.6 Å². The Labute approximate surface area is 86.2 Å². The monoisotopic (exact) mass is 212 g/mol. The number of carbonyl (C=O) groups excluding carboxylic acids is 1. The van der Waals surface area contributed by atoms with Crippen LogP contribution in [0.1, 0.15) is 11.1 Å². The first-order valence-electron chi connectivity index (χ1n) is 4.27. The van der Waals surface area contributed by atoms with Crippen LogP contribution in [-0.4, -0.2) is 13.1 Å². The number of esters is 1. The van der Waals surface area contributed by atoms with Crippen molar-refractivity contribution >= 4 is 12.0 Å². The Morgan fingerprint density at radius 1 is 1.40 bits per heavy atom. The van der Waals surface area contributed by atoms with Crippen LogP contribution < -0.4 is 0 Å². The van der Waals surface area contributed by atoms with E-state index in [9.17, 15) is 13.6 Å². The Balaban J connectivity index is 3.09. The van der Waals surface area contributed by atoms with E-state index in [2.05, 4.69) is 4.74 Å². The normalized spacial score (nSPS) is 10.7. The first-order valence-corrected chi connectivity index (χ1v) is 4.27. The van der Waals surface area contributed by atoms with Crippen LogP contribution in [0.3, 0.4) is 0 Å². The lowest BCUT2D eigenvalue weighted by Crippen LogP contribution is -1.96. The second-order valence-electron chi connectivity index (χ2n) is 2.95. The minimum absolute atomic E-state index is 0.236. The quantitative estimate of drug-likeness (QED) is 0.556. The molecule has 4 heteroatoms. The molecule has 0 N–H and O–H groups in total. The van der Waals surface area contributed by atoms with Crippen LogP contribution in [0.2, 0.25) is 0 Å². The summed E-state index contributed by atoms with van der Waals surface area (Å²) in [6.07, 6.45) is 2.03. The minimum atomic E-state index is -0.710. The third kappa shape index (κ3) is 2.62. The second-order valence-corrected chi connectivity index (χ2v) is 2.95. The average molecular weight is 212 g/mol. The van der Waals surface area contributed by atoms with E-state index in [1.807, 2.05) is 0 Å². The summed E-state index contributed by atoms with van der Waals surface area (Å²) < 4.78 is 30.8. The molecule has 0 aromatic heterocycles. The highest BCUT2D eigenvalue weighted by atomic mass is 19.1. The second kappa shape index (κ2) is 4.68. The summed E-state index contributed by atoms with van der Waals surface area (Å²) in [6.45, 7) is 1.52. The summed E-state index contributed by atoms with van der Waals surface area (Å²) >= 11 is 0. The summed E-state index contributed by atoms with van der Waals surface area (Å²) in [5.74, 6) is -2.04. The van der Waals surface area contributed by atoms with E-state index in [0.717, 1.165) is 18.2 Å². The molecule has 80 valence electrons. The topological polar surface area (TPSA) is 26.3 Å². The van der Waals surface area contributed by atoms with Crippen molar-refractivity contribution in [2.24, 2.45) is 0 Å². The maximum Gasteiger partial charge on any atom is 0.330 e. The van der Waals surface area contributed by atoms with Gasteiger partial charge in [0.05, 0.1) is 7.11 Å². The maximum absolute atomic E-state index is 13.4. The van der Waals surface area contributed by atoms with Gasteiger partial charge in [-0.15, -0.1) is 0 Å². The predicted octanol–water partition coefficient (Wildman–Crippen LogP) is 2.46. The van der Waals surface area contributed by atoms with Gasteiger partial charge in [-0.05, 0) is 24.6 Å². The van der Waals surface area contributed by atoms with Gasteiger partial charge in [0.1, 0.15) is 11.6 Å². The molecule has 0 amide bonds. The molecule has 0 bridgehead atoms. The standard InChI is InChI=1S/C11H10F2O2/c1-7-3-5-9(12)8(11(7)13)4-6-10(14)15-2/h3-6H,1-2H3. The molecule has 0 aliphatic heterocycles. The van der Waals surface area contributed by atoms with Gasteiger partial charge in [0.2, 0.25) is 0 Å². The van der Waals surface area contributed by atoms with Crippen molar-refractivity contribution in [1.82, 2.24) is 0 Å². The van der Waals surface area contributed by atoms with E-state index in [1.165, 1.54) is 20.1 Å². The lowest BCUT2D eigenvalue weighted by atomic mass is 10.1. The highest BCUT2D eigenvalue weighted by Gasteiger charge is 2.08. The fourth-order valence-electron chi connectivity index (χ4n) is 1.05. The number of methoxy groups -OCH3 is 1. The van der Waals surface area contributed by atoms with Crippen molar-refractivity contribution < 1.29 is 18.3 Å². The van der Waals surface area contributed by atoms with Crippen LogP contribution in [0.4, 0.5) is 8.78 Å². The van der Waals surface area contributed by atoms with Crippen LogP contribution in [0.15, 0.2) is 18.2 Å². The third-order valence-electron chi connectivity index (χ3n) is 1.91. The van der Waals surface area contributed by atoms with Crippen molar-refractivity contribution in [1.29, 1.82) is 0 Å². The molecule has 0 aliphatic carbocycles. The summed E-state index contributed by atoms with van der Waals surface area (Å²) in [7, 11) is 1.19. The molecule has 0 spiro atoms. The van der Waals surface area contributed by atoms with Gasteiger partial charge >= 0.3 is 5.97 Å². The zero-order valence-corrected chi connectivity index (χ0v) is 8.38. The number of hydrogen-bond acceptors (Lipinski definition) is 2. The zero-order chi connectivity index (χ0) is 11.4. The highest BCUT2D eigenvalue weighted by Crippen LogP contribution is 2.17. The lowest BCUT2D eigenvalue weighted by Gasteiger charge is -2.01. The van der Waals surface area contributed by atoms with Crippen molar-refractivity contribution in [2.75, 3.05) is 7.11 Å². The van der Waals surface area contributed by atoms with Crippen LogP contribution in [0.25, 0.3) is 6.08 Å². The van der Waals surface area contributed by atoms with Gasteiger partial charge in [0.15, 0.2) is 0 Å². The largest absolute Gasteiger partial charge is 0.466 e. The maximum atomic E-state index is 13.4. The van der Waals surface area contributed by atoms with Gasteiger partial charge in [-0.2, -0.15) is 0 Å². The summed E-state index contributed by atoms with van der Waals surface area (Å²) in [6, 6.07) is 2.48. The van der Waals surface area contributed by atoms with Gasteiger partial charge in [-0.1, -0.05) is 6.07 Å². The van der Waals surface area contributed by atoms with Crippen molar-refractivity contribution in [3.63, 3.8) is 0 Å². The Hall–Kier alpha value is -1.71. The van der Waals surface area contributed by atoms with E-state index in [1.54, 1.807) is 0 Å². The molecule has 0 saturated carbocycles. The molecule has 1 aromatic rings. The number of aryl methyl sites for hydroxylation is 1. The van der Waals surface area contributed by atoms with Gasteiger partial charge < -0.3 is 4.74 Å². The molecule has 0 aliphatic rings. The van der Waals surface area contributed by atoms with Crippen LogP contribution in [-0.2, 0) is 9.53 Å². The minimum Gasteiger partial charge on any atom is -0.466 e. The fraction of sp³-hybridized carbons (Fsp3) is 0.182. The highest BCUT2D eigenvalue weighted by molar-refractivity contribution is 5.87. The molecule has 1 aromatic carbocycles. The third-order valence-corrected chi connectivity index (χ3v) is 1.91. The van der Waals surface area contributed by atoms with Gasteiger partial charge in [-0.25, -0.2) is 13.6 Å². The Morgan fingerprint density at radius 3 is 2.67 bits per heavy atom. The molecular weight excluding hydrogens is 202 g/mol. The number of ether oxygens (including phenoxy) is 1. The predicted molar refractivity (Wildman–Crippen MR) is 52.1 cm³/mol. The average Bonchev–Trinajstić information content (AvgIpc) is 2.23. The molecule has 0 saturated heterocycles. The molecule has 0 fully saturated rings. The molecule has 1 rings (SSSR count). The first-order chi connectivity index (χ1) is 7.06. The van der Waals surface area contributed by atoms with E-state index in [0.29, 0.717) is 5.56 Å². The zero-order valence-electron chi connectivity index (χ0n) is 8.38.